The van der Waals surface area contributed by atoms with Gasteiger partial charge < -0.3 is 14.4 Å². The fraction of sp³-hybridized carbons (Fsp3) is 0.182. The number of aromatic nitrogens is 1. The quantitative estimate of drug-likeness (QED) is 0.766. The number of ether oxygens (including phenoxy) is 1. The Labute approximate surface area is 86.1 Å². The maximum Gasteiger partial charge on any atom is 0.169 e. The second kappa shape index (κ2) is 3.10. The third kappa shape index (κ3) is 1.15. The number of aliphatic hydroxyl groups excluding tert-OH is 1. The summed E-state index contributed by atoms with van der Waals surface area (Å²) in [4.78, 5) is 0. The van der Waals surface area contributed by atoms with Crippen LogP contribution in [-0.4, -0.2) is 10.3 Å². The molecule has 1 aromatic heterocycles. The number of nitrogens with zero attached hydrogens (tertiary/aromatic N) is 1. The van der Waals surface area contributed by atoms with E-state index in [4.69, 9.17) is 14.4 Å². The van der Waals surface area contributed by atoms with Gasteiger partial charge in [-0.2, -0.15) is 0 Å². The van der Waals surface area contributed by atoms with Crippen LogP contribution in [0.5, 0.6) is 5.75 Å². The molecule has 0 aliphatic carbocycles. The van der Waals surface area contributed by atoms with Crippen molar-refractivity contribution in [2.75, 3.05) is 0 Å². The maximum absolute atomic E-state index is 9.04. The molecule has 0 saturated carbocycles. The van der Waals surface area contributed by atoms with Gasteiger partial charge in [0, 0.05) is 5.56 Å². The van der Waals surface area contributed by atoms with E-state index < -0.39 is 0 Å². The molecular formula is C11H9NO3. The summed E-state index contributed by atoms with van der Waals surface area (Å²) in [5, 5.41) is 13.0. The van der Waals surface area contributed by atoms with Crippen LogP contribution in [0.2, 0.25) is 0 Å². The minimum atomic E-state index is -0.145. The van der Waals surface area contributed by atoms with Crippen molar-refractivity contribution in [3.05, 3.63) is 35.6 Å². The first-order valence-electron chi connectivity index (χ1n) is 4.70. The Bertz CT molecular complexity index is 504. The molecule has 76 valence electrons. The van der Waals surface area contributed by atoms with Gasteiger partial charge in [0.15, 0.2) is 5.76 Å². The average molecular weight is 203 g/mol. The number of fused-ring (bicyclic) bond motifs is 3. The summed E-state index contributed by atoms with van der Waals surface area (Å²) in [6, 6.07) is 7.66. The molecule has 4 nitrogen and oxygen atoms in total. The van der Waals surface area contributed by atoms with E-state index in [0.717, 1.165) is 22.6 Å². The summed E-state index contributed by atoms with van der Waals surface area (Å²) in [7, 11) is 0. The first-order chi connectivity index (χ1) is 7.40. The van der Waals surface area contributed by atoms with Crippen molar-refractivity contribution in [1.82, 2.24) is 5.16 Å². The highest BCUT2D eigenvalue weighted by atomic mass is 16.5. The van der Waals surface area contributed by atoms with E-state index >= 15 is 0 Å². The molecule has 0 amide bonds. The zero-order valence-electron chi connectivity index (χ0n) is 7.93. The van der Waals surface area contributed by atoms with E-state index in [1.807, 2.05) is 24.3 Å². The Morgan fingerprint density at radius 3 is 3.07 bits per heavy atom. The van der Waals surface area contributed by atoms with Crippen molar-refractivity contribution >= 4 is 0 Å². The minimum absolute atomic E-state index is 0.145. The lowest BCUT2D eigenvalue weighted by atomic mass is 10.0. The van der Waals surface area contributed by atoms with Gasteiger partial charge in [-0.3, -0.25) is 0 Å². The molecule has 0 atom stereocenters. The van der Waals surface area contributed by atoms with Gasteiger partial charge in [-0.15, -0.1) is 0 Å². The number of hydrogen-bond acceptors (Lipinski definition) is 4. The van der Waals surface area contributed by atoms with Crippen LogP contribution in [0, 0.1) is 0 Å². The van der Waals surface area contributed by atoms with Crippen LogP contribution in [-0.2, 0) is 13.2 Å². The van der Waals surface area contributed by atoms with Crippen LogP contribution < -0.4 is 4.74 Å². The van der Waals surface area contributed by atoms with Crippen molar-refractivity contribution in [1.29, 1.82) is 0 Å². The number of hydrogen-bond donors (Lipinski definition) is 1. The van der Waals surface area contributed by atoms with E-state index in [9.17, 15) is 0 Å². The van der Waals surface area contributed by atoms with Crippen LogP contribution in [0.15, 0.2) is 28.8 Å². The van der Waals surface area contributed by atoms with Gasteiger partial charge in [-0.05, 0) is 12.1 Å². The topological polar surface area (TPSA) is 55.5 Å². The Morgan fingerprint density at radius 2 is 2.20 bits per heavy atom. The molecule has 0 radical (unpaired) electrons. The molecule has 2 aromatic rings. The van der Waals surface area contributed by atoms with Gasteiger partial charge in [0.2, 0.25) is 0 Å². The normalized spacial score (nSPS) is 12.9. The van der Waals surface area contributed by atoms with E-state index in [2.05, 4.69) is 5.16 Å². The molecule has 0 fully saturated rings. The molecule has 4 heteroatoms. The molecular weight excluding hydrogens is 194 g/mol. The molecule has 1 aromatic carbocycles. The monoisotopic (exact) mass is 203 g/mol. The molecule has 1 N–H and O–H groups in total. The fourth-order valence-electron chi connectivity index (χ4n) is 1.77. The molecule has 3 rings (SSSR count). The highest BCUT2D eigenvalue weighted by Crippen LogP contribution is 2.37. The summed E-state index contributed by atoms with van der Waals surface area (Å²) in [5.41, 5.74) is 2.54. The average Bonchev–Trinajstić information content (AvgIpc) is 2.72. The minimum Gasteiger partial charge on any atom is -0.488 e. The maximum atomic E-state index is 9.04. The SMILES string of the molecule is OCc1onc2c1COc1ccccc1-2. The predicted molar refractivity (Wildman–Crippen MR) is 52.2 cm³/mol. The highest BCUT2D eigenvalue weighted by molar-refractivity contribution is 5.71. The molecule has 0 bridgehead atoms. The van der Waals surface area contributed by atoms with E-state index in [1.54, 1.807) is 0 Å². The van der Waals surface area contributed by atoms with Crippen LogP contribution in [0.4, 0.5) is 0 Å². The van der Waals surface area contributed by atoms with Crippen molar-refractivity contribution in [2.45, 2.75) is 13.2 Å². The summed E-state index contributed by atoms with van der Waals surface area (Å²) >= 11 is 0. The molecule has 0 unspecified atom stereocenters. The van der Waals surface area contributed by atoms with Gasteiger partial charge in [0.25, 0.3) is 0 Å². The molecule has 1 aliphatic rings. The van der Waals surface area contributed by atoms with Gasteiger partial charge in [-0.25, -0.2) is 0 Å². The Kier molecular flexibility index (Phi) is 1.76. The fourth-order valence-corrected chi connectivity index (χ4v) is 1.77. The largest absolute Gasteiger partial charge is 0.488 e. The molecule has 1 aliphatic heterocycles. The van der Waals surface area contributed by atoms with Crippen molar-refractivity contribution in [3.8, 4) is 17.0 Å². The zero-order chi connectivity index (χ0) is 10.3. The van der Waals surface area contributed by atoms with Crippen LogP contribution >= 0.6 is 0 Å². The molecule has 0 spiro atoms. The first-order valence-corrected chi connectivity index (χ1v) is 4.70. The standard InChI is InChI=1S/C11H9NO3/c13-5-10-8-6-14-9-4-2-1-3-7(9)11(8)12-15-10/h1-4,13H,5-6H2. The number of benzene rings is 1. The van der Waals surface area contributed by atoms with Crippen molar-refractivity contribution < 1.29 is 14.4 Å². The molecule has 0 saturated heterocycles. The number of aliphatic hydroxyl groups is 1. The Morgan fingerprint density at radius 1 is 1.33 bits per heavy atom. The summed E-state index contributed by atoms with van der Waals surface area (Å²) in [6.45, 7) is 0.263. The molecule has 15 heavy (non-hydrogen) atoms. The lowest BCUT2D eigenvalue weighted by molar-refractivity contribution is 0.222. The first kappa shape index (κ1) is 8.49. The highest BCUT2D eigenvalue weighted by Gasteiger charge is 2.24. The second-order valence-electron chi connectivity index (χ2n) is 3.38. The number of para-hydroxylation sites is 1. The van der Waals surface area contributed by atoms with Gasteiger partial charge >= 0.3 is 0 Å². The lowest BCUT2D eigenvalue weighted by Crippen LogP contribution is -2.05. The summed E-state index contributed by atoms with van der Waals surface area (Å²) < 4.78 is 10.6. The second-order valence-corrected chi connectivity index (χ2v) is 3.38. The van der Waals surface area contributed by atoms with Crippen LogP contribution in [0.25, 0.3) is 11.3 Å². The predicted octanol–water partition coefficient (Wildman–Crippen LogP) is 1.73. The van der Waals surface area contributed by atoms with Crippen LogP contribution in [0.3, 0.4) is 0 Å². The van der Waals surface area contributed by atoms with Gasteiger partial charge in [0.1, 0.15) is 24.7 Å². The van der Waals surface area contributed by atoms with Gasteiger partial charge in [-0.1, -0.05) is 17.3 Å². The third-order valence-corrected chi connectivity index (χ3v) is 2.53. The van der Waals surface area contributed by atoms with E-state index in [-0.39, 0.29) is 6.61 Å². The van der Waals surface area contributed by atoms with Gasteiger partial charge in [0.05, 0.1) is 5.56 Å². The van der Waals surface area contributed by atoms with Crippen molar-refractivity contribution in [3.63, 3.8) is 0 Å². The molecule has 2 heterocycles. The Hall–Kier alpha value is -1.81. The smallest absolute Gasteiger partial charge is 0.169 e. The third-order valence-electron chi connectivity index (χ3n) is 2.53. The lowest BCUT2D eigenvalue weighted by Gasteiger charge is -2.15. The van der Waals surface area contributed by atoms with Crippen LogP contribution in [0.1, 0.15) is 11.3 Å². The van der Waals surface area contributed by atoms with E-state index in [1.165, 1.54) is 0 Å². The van der Waals surface area contributed by atoms with E-state index in [0.29, 0.717) is 12.4 Å². The number of rotatable bonds is 1. The van der Waals surface area contributed by atoms with Crippen molar-refractivity contribution in [2.24, 2.45) is 0 Å². The summed E-state index contributed by atoms with van der Waals surface area (Å²) in [6.07, 6.45) is 0. The summed E-state index contributed by atoms with van der Waals surface area (Å²) in [5.74, 6) is 1.29. The Balaban J connectivity index is 2.22. The zero-order valence-corrected chi connectivity index (χ0v) is 7.93.